The van der Waals surface area contributed by atoms with Gasteiger partial charge in [-0.15, -0.1) is 0 Å². The molecule has 1 fully saturated rings. The van der Waals surface area contributed by atoms with Crippen LogP contribution >= 0.6 is 0 Å². The molecule has 19 heavy (non-hydrogen) atoms. The Balaban J connectivity index is 1.75. The zero-order valence-corrected chi connectivity index (χ0v) is 10.9. The van der Waals surface area contributed by atoms with Crippen molar-refractivity contribution in [3.05, 3.63) is 36.2 Å². The topological polar surface area (TPSA) is 38.1 Å². The number of hydrogen-bond acceptors (Lipinski definition) is 3. The number of furan rings is 1. The molecule has 0 saturated carbocycles. The molecule has 1 saturated heterocycles. The number of fused-ring (bicyclic) bond motifs is 2. The van der Waals surface area contributed by atoms with Crippen molar-refractivity contribution in [2.45, 2.75) is 19.3 Å². The number of piperidine rings is 1. The van der Waals surface area contributed by atoms with Crippen LogP contribution in [0.2, 0.25) is 0 Å². The predicted octanol–water partition coefficient (Wildman–Crippen LogP) is 3.23. The molecule has 1 N–H and O–H groups in total. The Hall–Kier alpha value is -1.61. The molecule has 0 aromatic carbocycles. The van der Waals surface area contributed by atoms with Crippen LogP contribution in [0.5, 0.6) is 0 Å². The van der Waals surface area contributed by atoms with Gasteiger partial charge in [0, 0.05) is 24.7 Å². The van der Waals surface area contributed by atoms with E-state index >= 15 is 0 Å². The summed E-state index contributed by atoms with van der Waals surface area (Å²) in [4.78, 5) is 4.36. The summed E-state index contributed by atoms with van der Waals surface area (Å²) < 4.78 is 6.00. The van der Waals surface area contributed by atoms with Crippen molar-refractivity contribution in [1.29, 1.82) is 0 Å². The van der Waals surface area contributed by atoms with Gasteiger partial charge < -0.3 is 9.73 Å². The minimum atomic E-state index is 0.614. The van der Waals surface area contributed by atoms with Crippen molar-refractivity contribution in [1.82, 2.24) is 10.3 Å². The first-order valence-electron chi connectivity index (χ1n) is 7.17. The molecule has 4 rings (SSSR count). The number of nitrogens with one attached hydrogen (secondary N) is 1. The highest BCUT2D eigenvalue weighted by Crippen LogP contribution is 2.40. The van der Waals surface area contributed by atoms with E-state index in [1.54, 1.807) is 0 Å². The fourth-order valence-electron chi connectivity index (χ4n) is 3.52. The van der Waals surface area contributed by atoms with Crippen LogP contribution in [0, 0.1) is 11.8 Å². The first-order chi connectivity index (χ1) is 9.42. The van der Waals surface area contributed by atoms with Gasteiger partial charge in [0.2, 0.25) is 0 Å². The Labute approximate surface area is 112 Å². The van der Waals surface area contributed by atoms with E-state index in [2.05, 4.69) is 22.4 Å². The van der Waals surface area contributed by atoms with Crippen LogP contribution in [-0.4, -0.2) is 18.1 Å². The van der Waals surface area contributed by atoms with Crippen molar-refractivity contribution >= 4 is 16.7 Å². The normalized spacial score (nSPS) is 27.1. The standard InChI is InChI=1S/C16H18N2O/c1-3-11-6-8-17-10-13(11)12(4-1)16-9-14-15(19-16)5-2-7-18-14/h2,4-5,7,9,11,13,17H,1,3,6,8,10H2/t11-,13+/m0/s1. The second kappa shape index (κ2) is 4.49. The molecule has 98 valence electrons. The van der Waals surface area contributed by atoms with Gasteiger partial charge in [0.15, 0.2) is 5.58 Å². The fourth-order valence-corrected chi connectivity index (χ4v) is 3.52. The van der Waals surface area contributed by atoms with Gasteiger partial charge in [-0.25, -0.2) is 0 Å². The molecule has 0 unspecified atom stereocenters. The Bertz CT molecular complexity index is 595. The smallest absolute Gasteiger partial charge is 0.153 e. The summed E-state index contributed by atoms with van der Waals surface area (Å²) in [5, 5.41) is 3.52. The number of nitrogens with zero attached hydrogens (tertiary/aromatic N) is 1. The number of rotatable bonds is 1. The Kier molecular flexibility index (Phi) is 2.66. The Morgan fingerprint density at radius 3 is 3.26 bits per heavy atom. The van der Waals surface area contributed by atoms with Gasteiger partial charge in [-0.2, -0.15) is 0 Å². The van der Waals surface area contributed by atoms with Gasteiger partial charge >= 0.3 is 0 Å². The summed E-state index contributed by atoms with van der Waals surface area (Å²) in [5.74, 6) is 2.46. The summed E-state index contributed by atoms with van der Waals surface area (Å²) in [5.41, 5.74) is 3.25. The zero-order chi connectivity index (χ0) is 12.7. The van der Waals surface area contributed by atoms with Gasteiger partial charge in [-0.05, 0) is 49.4 Å². The second-order valence-electron chi connectivity index (χ2n) is 5.59. The van der Waals surface area contributed by atoms with Crippen molar-refractivity contribution in [2.24, 2.45) is 11.8 Å². The van der Waals surface area contributed by atoms with Gasteiger partial charge in [0.05, 0.1) is 0 Å². The molecule has 2 atom stereocenters. The van der Waals surface area contributed by atoms with E-state index in [-0.39, 0.29) is 0 Å². The van der Waals surface area contributed by atoms with Crippen LogP contribution in [0.25, 0.3) is 16.7 Å². The van der Waals surface area contributed by atoms with Crippen LogP contribution < -0.4 is 5.32 Å². The number of allylic oxidation sites excluding steroid dienone is 1. The third-order valence-corrected chi connectivity index (χ3v) is 4.50. The highest BCUT2D eigenvalue weighted by Gasteiger charge is 2.32. The number of pyridine rings is 1. The molecule has 0 bridgehead atoms. The van der Waals surface area contributed by atoms with Crippen molar-refractivity contribution in [3.63, 3.8) is 0 Å². The summed E-state index contributed by atoms with van der Waals surface area (Å²) in [6.45, 7) is 2.25. The summed E-state index contributed by atoms with van der Waals surface area (Å²) in [6.07, 6.45) is 7.99. The van der Waals surface area contributed by atoms with Crippen molar-refractivity contribution < 1.29 is 4.42 Å². The molecule has 0 amide bonds. The molecule has 1 aliphatic carbocycles. The van der Waals surface area contributed by atoms with Crippen LogP contribution in [0.1, 0.15) is 25.0 Å². The molecular weight excluding hydrogens is 236 g/mol. The lowest BCUT2D eigenvalue weighted by molar-refractivity contribution is 0.282. The molecule has 3 heterocycles. The van der Waals surface area contributed by atoms with E-state index < -0.39 is 0 Å². The van der Waals surface area contributed by atoms with Gasteiger partial charge in [-0.1, -0.05) is 6.08 Å². The van der Waals surface area contributed by atoms with Crippen molar-refractivity contribution in [3.8, 4) is 0 Å². The summed E-state index contributed by atoms with van der Waals surface area (Å²) >= 11 is 0. The van der Waals surface area contributed by atoms with Crippen LogP contribution in [0.4, 0.5) is 0 Å². The van der Waals surface area contributed by atoms with Crippen molar-refractivity contribution in [2.75, 3.05) is 13.1 Å². The van der Waals surface area contributed by atoms with E-state index in [0.29, 0.717) is 5.92 Å². The molecule has 0 radical (unpaired) electrons. The summed E-state index contributed by atoms with van der Waals surface area (Å²) in [7, 11) is 0. The zero-order valence-electron chi connectivity index (χ0n) is 10.9. The van der Waals surface area contributed by atoms with Crippen LogP contribution in [-0.2, 0) is 0 Å². The minimum Gasteiger partial charge on any atom is -0.455 e. The van der Waals surface area contributed by atoms with Crippen LogP contribution in [0.3, 0.4) is 0 Å². The average molecular weight is 254 g/mol. The van der Waals surface area contributed by atoms with E-state index in [1.807, 2.05) is 18.3 Å². The van der Waals surface area contributed by atoms with Crippen LogP contribution in [0.15, 0.2) is 34.9 Å². The average Bonchev–Trinajstić information content (AvgIpc) is 2.90. The minimum absolute atomic E-state index is 0.614. The lowest BCUT2D eigenvalue weighted by Gasteiger charge is -2.36. The molecule has 3 heteroatoms. The Morgan fingerprint density at radius 1 is 1.32 bits per heavy atom. The second-order valence-corrected chi connectivity index (χ2v) is 5.59. The predicted molar refractivity (Wildman–Crippen MR) is 75.7 cm³/mol. The monoisotopic (exact) mass is 254 g/mol. The first kappa shape index (κ1) is 11.2. The number of aromatic nitrogens is 1. The maximum Gasteiger partial charge on any atom is 0.153 e. The Morgan fingerprint density at radius 2 is 2.32 bits per heavy atom. The molecule has 0 spiro atoms. The first-order valence-corrected chi connectivity index (χ1v) is 7.17. The molecule has 2 aliphatic rings. The largest absolute Gasteiger partial charge is 0.455 e. The van der Waals surface area contributed by atoms with Gasteiger partial charge in [0.25, 0.3) is 0 Å². The lowest BCUT2D eigenvalue weighted by atomic mass is 9.74. The summed E-state index contributed by atoms with van der Waals surface area (Å²) in [6, 6.07) is 6.01. The highest BCUT2D eigenvalue weighted by atomic mass is 16.3. The maximum atomic E-state index is 6.00. The molecule has 1 aliphatic heterocycles. The SMILES string of the molecule is C1=C(c2cc3ncccc3o2)[C@@H]2CNCC[C@@H]2CC1. The van der Waals surface area contributed by atoms with E-state index in [1.165, 1.54) is 24.8 Å². The maximum absolute atomic E-state index is 6.00. The number of hydrogen-bond donors (Lipinski definition) is 1. The fraction of sp³-hybridized carbons (Fsp3) is 0.438. The van der Waals surface area contributed by atoms with Gasteiger partial charge in [0.1, 0.15) is 11.3 Å². The van der Waals surface area contributed by atoms with E-state index in [0.717, 1.165) is 35.9 Å². The molecule has 2 aromatic rings. The molecule has 3 nitrogen and oxygen atoms in total. The highest BCUT2D eigenvalue weighted by molar-refractivity contribution is 5.79. The quantitative estimate of drug-likeness (QED) is 0.849. The van der Waals surface area contributed by atoms with Gasteiger partial charge in [-0.3, -0.25) is 4.98 Å². The van der Waals surface area contributed by atoms with E-state index in [4.69, 9.17) is 4.42 Å². The third kappa shape index (κ3) is 1.89. The molecular formula is C16H18N2O. The molecule has 2 aromatic heterocycles. The lowest BCUT2D eigenvalue weighted by Crippen LogP contribution is -2.38. The third-order valence-electron chi connectivity index (χ3n) is 4.50. The van der Waals surface area contributed by atoms with E-state index in [9.17, 15) is 0 Å².